The van der Waals surface area contributed by atoms with Crippen LogP contribution >= 0.6 is 22.6 Å². The third kappa shape index (κ3) is 1.71. The van der Waals surface area contributed by atoms with E-state index in [-0.39, 0.29) is 0 Å². The van der Waals surface area contributed by atoms with Crippen molar-refractivity contribution in [2.75, 3.05) is 0 Å². The number of aliphatic hydroxyl groups is 1. The van der Waals surface area contributed by atoms with E-state index in [1.807, 2.05) is 0 Å². The van der Waals surface area contributed by atoms with E-state index in [4.69, 9.17) is 0 Å². The zero-order valence-corrected chi connectivity index (χ0v) is 11.4. The standard InChI is InChI=1S/C11H12FIN2O/c1-11(2,16)7-5-4-6-9(8(7)12)15(3)14-10(6)13/h4-5,16H,1-3H3. The Morgan fingerprint density at radius 1 is 1.44 bits per heavy atom. The Labute approximate surface area is 106 Å². The SMILES string of the molecule is Cn1nc(I)c2ccc(C(C)(C)O)c(F)c21. The first-order valence-electron chi connectivity index (χ1n) is 4.86. The van der Waals surface area contributed by atoms with E-state index in [2.05, 4.69) is 27.7 Å². The summed E-state index contributed by atoms with van der Waals surface area (Å²) in [5, 5.41) is 14.8. The fourth-order valence-corrected chi connectivity index (χ4v) is 2.51. The van der Waals surface area contributed by atoms with E-state index in [1.54, 1.807) is 33.0 Å². The van der Waals surface area contributed by atoms with Crippen molar-refractivity contribution in [1.29, 1.82) is 0 Å². The van der Waals surface area contributed by atoms with Crippen molar-refractivity contribution in [2.45, 2.75) is 19.4 Å². The summed E-state index contributed by atoms with van der Waals surface area (Å²) in [6.45, 7) is 3.14. The fraction of sp³-hybridized carbons (Fsp3) is 0.364. The third-order valence-electron chi connectivity index (χ3n) is 2.56. The number of hydrogen-bond donors (Lipinski definition) is 1. The van der Waals surface area contributed by atoms with Crippen molar-refractivity contribution in [2.24, 2.45) is 7.05 Å². The van der Waals surface area contributed by atoms with Crippen molar-refractivity contribution in [1.82, 2.24) is 9.78 Å². The summed E-state index contributed by atoms with van der Waals surface area (Å²) in [5.74, 6) is -0.400. The minimum Gasteiger partial charge on any atom is -0.386 e. The van der Waals surface area contributed by atoms with Gasteiger partial charge in [0.15, 0.2) is 5.82 Å². The van der Waals surface area contributed by atoms with Gasteiger partial charge in [-0.05, 0) is 42.5 Å². The Morgan fingerprint density at radius 3 is 2.62 bits per heavy atom. The van der Waals surface area contributed by atoms with E-state index in [1.165, 1.54) is 4.68 Å². The molecule has 16 heavy (non-hydrogen) atoms. The molecule has 1 N–H and O–H groups in total. The van der Waals surface area contributed by atoms with Crippen LogP contribution in [-0.2, 0) is 12.6 Å². The predicted molar refractivity (Wildman–Crippen MR) is 68.6 cm³/mol. The van der Waals surface area contributed by atoms with Crippen LogP contribution in [-0.4, -0.2) is 14.9 Å². The molecule has 0 unspecified atom stereocenters. The Morgan fingerprint density at radius 2 is 2.06 bits per heavy atom. The highest BCUT2D eigenvalue weighted by atomic mass is 127. The van der Waals surface area contributed by atoms with Gasteiger partial charge in [0.1, 0.15) is 9.22 Å². The molecule has 0 aliphatic heterocycles. The highest BCUT2D eigenvalue weighted by Crippen LogP contribution is 2.30. The molecular weight excluding hydrogens is 322 g/mol. The lowest BCUT2D eigenvalue weighted by molar-refractivity contribution is 0.0748. The molecule has 0 bridgehead atoms. The van der Waals surface area contributed by atoms with E-state index >= 15 is 0 Å². The summed E-state index contributed by atoms with van der Waals surface area (Å²) in [6, 6.07) is 3.40. The van der Waals surface area contributed by atoms with Crippen LogP contribution in [0.25, 0.3) is 10.9 Å². The van der Waals surface area contributed by atoms with E-state index < -0.39 is 11.4 Å². The van der Waals surface area contributed by atoms with Crippen LogP contribution < -0.4 is 0 Å². The quantitative estimate of drug-likeness (QED) is 0.814. The molecule has 0 spiro atoms. The summed E-state index contributed by atoms with van der Waals surface area (Å²) in [7, 11) is 1.70. The predicted octanol–water partition coefficient (Wildman–Crippen LogP) is 2.54. The number of benzene rings is 1. The lowest BCUT2D eigenvalue weighted by Crippen LogP contribution is -2.18. The molecule has 0 aliphatic carbocycles. The monoisotopic (exact) mass is 334 g/mol. The summed E-state index contributed by atoms with van der Waals surface area (Å²) < 4.78 is 16.5. The van der Waals surface area contributed by atoms with Gasteiger partial charge in [-0.1, -0.05) is 6.07 Å². The molecule has 3 nitrogen and oxygen atoms in total. The summed E-state index contributed by atoms with van der Waals surface area (Å²) in [5.41, 5.74) is -0.461. The normalized spacial score (nSPS) is 12.4. The first-order valence-corrected chi connectivity index (χ1v) is 5.94. The average Bonchev–Trinajstić information content (AvgIpc) is 2.41. The molecule has 0 radical (unpaired) electrons. The molecule has 0 atom stereocenters. The Kier molecular flexibility index (Phi) is 2.70. The van der Waals surface area contributed by atoms with Crippen LogP contribution in [0.15, 0.2) is 12.1 Å². The molecule has 2 rings (SSSR count). The molecule has 0 amide bonds. The molecule has 0 fully saturated rings. The Balaban J connectivity index is 2.84. The fourth-order valence-electron chi connectivity index (χ4n) is 1.76. The molecule has 0 saturated carbocycles. The lowest BCUT2D eigenvalue weighted by atomic mass is 9.97. The Hall–Kier alpha value is -0.690. The number of rotatable bonds is 1. The summed E-state index contributed by atoms with van der Waals surface area (Å²) in [6.07, 6.45) is 0. The van der Waals surface area contributed by atoms with Crippen LogP contribution in [0, 0.1) is 9.52 Å². The second-order valence-electron chi connectivity index (χ2n) is 4.30. The zero-order valence-electron chi connectivity index (χ0n) is 9.25. The highest BCUT2D eigenvalue weighted by Gasteiger charge is 2.24. The van der Waals surface area contributed by atoms with Crippen molar-refractivity contribution >= 4 is 33.5 Å². The largest absolute Gasteiger partial charge is 0.386 e. The van der Waals surface area contributed by atoms with E-state index in [0.717, 1.165) is 9.09 Å². The van der Waals surface area contributed by atoms with Gasteiger partial charge in [-0.25, -0.2) is 4.39 Å². The number of aryl methyl sites for hydroxylation is 1. The molecule has 1 aromatic carbocycles. The van der Waals surface area contributed by atoms with Gasteiger partial charge >= 0.3 is 0 Å². The molecular formula is C11H12FIN2O. The van der Waals surface area contributed by atoms with Crippen molar-refractivity contribution in [3.63, 3.8) is 0 Å². The summed E-state index contributed by atoms with van der Waals surface area (Å²) in [4.78, 5) is 0. The Bertz CT molecular complexity index is 557. The maximum atomic E-state index is 14.2. The first kappa shape index (κ1) is 11.8. The number of hydrogen-bond acceptors (Lipinski definition) is 2. The average molecular weight is 334 g/mol. The van der Waals surface area contributed by atoms with Gasteiger partial charge in [-0.2, -0.15) is 5.10 Å². The van der Waals surface area contributed by atoms with Crippen molar-refractivity contribution in [3.05, 3.63) is 27.2 Å². The second-order valence-corrected chi connectivity index (χ2v) is 5.32. The number of fused-ring (bicyclic) bond motifs is 1. The topological polar surface area (TPSA) is 38.0 Å². The molecule has 0 saturated heterocycles. The van der Waals surface area contributed by atoms with E-state index in [9.17, 15) is 9.50 Å². The highest BCUT2D eigenvalue weighted by molar-refractivity contribution is 14.1. The van der Waals surface area contributed by atoms with Crippen LogP contribution in [0.4, 0.5) is 4.39 Å². The van der Waals surface area contributed by atoms with Gasteiger partial charge in [0.25, 0.3) is 0 Å². The van der Waals surface area contributed by atoms with Crippen LogP contribution in [0.1, 0.15) is 19.4 Å². The molecule has 0 aliphatic rings. The zero-order chi connectivity index (χ0) is 12.1. The van der Waals surface area contributed by atoms with Gasteiger partial charge in [-0.15, -0.1) is 0 Å². The molecule has 5 heteroatoms. The lowest BCUT2D eigenvalue weighted by Gasteiger charge is -2.18. The number of halogens is 2. The van der Waals surface area contributed by atoms with Gasteiger partial charge in [0.05, 0.1) is 5.60 Å². The number of aromatic nitrogens is 2. The third-order valence-corrected chi connectivity index (χ3v) is 3.36. The van der Waals surface area contributed by atoms with E-state index in [0.29, 0.717) is 11.1 Å². The van der Waals surface area contributed by atoms with Gasteiger partial charge in [-0.3, -0.25) is 4.68 Å². The molecule has 2 aromatic rings. The minimum atomic E-state index is -1.19. The smallest absolute Gasteiger partial charge is 0.155 e. The van der Waals surface area contributed by atoms with Crippen LogP contribution in [0.5, 0.6) is 0 Å². The van der Waals surface area contributed by atoms with Crippen LogP contribution in [0.2, 0.25) is 0 Å². The maximum absolute atomic E-state index is 14.2. The second kappa shape index (κ2) is 3.66. The van der Waals surface area contributed by atoms with Gasteiger partial charge in [0, 0.05) is 18.0 Å². The number of nitrogens with zero attached hydrogens (tertiary/aromatic N) is 2. The minimum absolute atomic E-state index is 0.291. The van der Waals surface area contributed by atoms with Crippen molar-refractivity contribution in [3.8, 4) is 0 Å². The summed E-state index contributed by atoms with van der Waals surface area (Å²) >= 11 is 2.07. The first-order chi connectivity index (χ1) is 7.32. The van der Waals surface area contributed by atoms with Crippen LogP contribution in [0.3, 0.4) is 0 Å². The van der Waals surface area contributed by atoms with Gasteiger partial charge in [0.2, 0.25) is 0 Å². The maximum Gasteiger partial charge on any atom is 0.155 e. The van der Waals surface area contributed by atoms with Crippen molar-refractivity contribution < 1.29 is 9.50 Å². The van der Waals surface area contributed by atoms with Gasteiger partial charge < -0.3 is 5.11 Å². The molecule has 1 heterocycles. The molecule has 1 aromatic heterocycles. The molecule has 86 valence electrons.